The number of carbonyl (C=O) groups excluding carboxylic acids is 1. The maximum absolute atomic E-state index is 13.6. The first-order valence-corrected chi connectivity index (χ1v) is 7.96. The van der Waals surface area contributed by atoms with Crippen LogP contribution in [-0.2, 0) is 10.0 Å². The van der Waals surface area contributed by atoms with E-state index < -0.39 is 21.7 Å². The summed E-state index contributed by atoms with van der Waals surface area (Å²) in [7, 11) is -2.49. The van der Waals surface area contributed by atoms with E-state index >= 15 is 0 Å². The minimum atomic E-state index is -4.08. The predicted molar refractivity (Wildman–Crippen MR) is 78.9 cm³/mol. The van der Waals surface area contributed by atoms with Crippen LogP contribution in [0.15, 0.2) is 17.0 Å². The molecule has 0 atom stereocenters. The van der Waals surface area contributed by atoms with Crippen molar-refractivity contribution in [1.82, 2.24) is 4.90 Å². The Kier molecular flexibility index (Phi) is 4.80. The van der Waals surface area contributed by atoms with Gasteiger partial charge in [0.25, 0.3) is 5.91 Å². The molecule has 2 N–H and O–H groups in total. The summed E-state index contributed by atoms with van der Waals surface area (Å²) in [6, 6.07) is 1.86. The summed E-state index contributed by atoms with van der Waals surface area (Å²) in [6.07, 6.45) is 0. The molecule has 0 saturated carbocycles. The van der Waals surface area contributed by atoms with Crippen molar-refractivity contribution >= 4 is 15.9 Å². The number of halogens is 1. The fraction of sp³-hybridized carbons (Fsp3) is 0.500. The van der Waals surface area contributed by atoms with Crippen molar-refractivity contribution in [1.29, 1.82) is 0 Å². The largest absolute Gasteiger partial charge is 0.341 e. The molecule has 0 aromatic heterocycles. The van der Waals surface area contributed by atoms with Crippen LogP contribution in [0, 0.1) is 18.2 Å². The van der Waals surface area contributed by atoms with Crippen molar-refractivity contribution in [3.05, 3.63) is 29.1 Å². The third-order valence-electron chi connectivity index (χ3n) is 2.92. The fourth-order valence-corrected chi connectivity index (χ4v) is 2.97. The van der Waals surface area contributed by atoms with E-state index in [0.29, 0.717) is 6.54 Å². The van der Waals surface area contributed by atoms with Gasteiger partial charge in [-0.3, -0.25) is 4.79 Å². The minimum absolute atomic E-state index is 0.00535. The molecule has 0 aliphatic heterocycles. The molecule has 0 heterocycles. The average Bonchev–Trinajstić information content (AvgIpc) is 2.27. The van der Waals surface area contributed by atoms with Gasteiger partial charge in [0.2, 0.25) is 10.0 Å². The van der Waals surface area contributed by atoms with Crippen molar-refractivity contribution in [2.24, 2.45) is 10.6 Å². The molecule has 0 bridgehead atoms. The van der Waals surface area contributed by atoms with Crippen LogP contribution in [0.4, 0.5) is 4.39 Å². The Balaban J connectivity index is 3.32. The smallest absolute Gasteiger partial charge is 0.254 e. The van der Waals surface area contributed by atoms with Crippen LogP contribution in [-0.4, -0.2) is 32.8 Å². The lowest BCUT2D eigenvalue weighted by Crippen LogP contribution is -2.35. The van der Waals surface area contributed by atoms with Gasteiger partial charge in [-0.1, -0.05) is 20.8 Å². The van der Waals surface area contributed by atoms with Crippen LogP contribution < -0.4 is 5.14 Å². The van der Waals surface area contributed by atoms with Gasteiger partial charge in [-0.2, -0.15) is 0 Å². The number of nitrogens with two attached hydrogens (primary N) is 1. The van der Waals surface area contributed by atoms with Crippen molar-refractivity contribution < 1.29 is 17.6 Å². The van der Waals surface area contributed by atoms with Crippen LogP contribution in [0.25, 0.3) is 0 Å². The molecular weight excluding hydrogens is 295 g/mol. The molecule has 1 aromatic carbocycles. The van der Waals surface area contributed by atoms with E-state index in [4.69, 9.17) is 5.14 Å². The SMILES string of the molecule is Cc1c(C(=O)N(C)CC(C)(C)C)cc(F)cc1S(N)(=O)=O. The quantitative estimate of drug-likeness (QED) is 0.925. The van der Waals surface area contributed by atoms with Gasteiger partial charge >= 0.3 is 0 Å². The lowest BCUT2D eigenvalue weighted by Gasteiger charge is -2.27. The molecule has 0 saturated heterocycles. The van der Waals surface area contributed by atoms with E-state index in [0.717, 1.165) is 12.1 Å². The van der Waals surface area contributed by atoms with E-state index in [-0.39, 0.29) is 21.4 Å². The molecule has 1 rings (SSSR count). The van der Waals surface area contributed by atoms with E-state index in [1.807, 2.05) is 20.8 Å². The number of primary sulfonamides is 1. The summed E-state index contributed by atoms with van der Waals surface area (Å²) in [4.78, 5) is 13.5. The first kappa shape index (κ1) is 17.6. The zero-order valence-electron chi connectivity index (χ0n) is 12.9. The summed E-state index contributed by atoms with van der Waals surface area (Å²) in [5.41, 5.74) is 0.0319. The van der Waals surface area contributed by atoms with Crippen LogP contribution >= 0.6 is 0 Å². The number of hydrogen-bond donors (Lipinski definition) is 1. The molecular formula is C14H21FN2O3S. The standard InChI is InChI=1S/C14H21FN2O3S/c1-9-11(13(18)17(5)8-14(2,3)4)6-10(15)7-12(9)21(16,19)20/h6-7H,8H2,1-5H3,(H2,16,19,20). The van der Waals surface area contributed by atoms with Gasteiger partial charge in [0.05, 0.1) is 4.90 Å². The summed E-state index contributed by atoms with van der Waals surface area (Å²) >= 11 is 0. The highest BCUT2D eigenvalue weighted by molar-refractivity contribution is 7.89. The molecule has 5 nitrogen and oxygen atoms in total. The number of nitrogens with zero attached hydrogens (tertiary/aromatic N) is 1. The second-order valence-corrected chi connectivity index (χ2v) is 7.87. The lowest BCUT2D eigenvalue weighted by molar-refractivity contribution is 0.0744. The maximum Gasteiger partial charge on any atom is 0.254 e. The second-order valence-electron chi connectivity index (χ2n) is 6.34. The second kappa shape index (κ2) is 5.73. The van der Waals surface area contributed by atoms with Gasteiger partial charge in [-0.15, -0.1) is 0 Å². The van der Waals surface area contributed by atoms with Crippen LogP contribution in [0.1, 0.15) is 36.7 Å². The molecule has 0 radical (unpaired) electrons. The Morgan fingerprint density at radius 1 is 1.33 bits per heavy atom. The Morgan fingerprint density at radius 2 is 1.86 bits per heavy atom. The average molecular weight is 316 g/mol. The topological polar surface area (TPSA) is 80.5 Å². The van der Waals surface area contributed by atoms with E-state index in [1.54, 1.807) is 7.05 Å². The van der Waals surface area contributed by atoms with Crippen LogP contribution in [0.5, 0.6) is 0 Å². The van der Waals surface area contributed by atoms with Gasteiger partial charge in [-0.25, -0.2) is 17.9 Å². The third kappa shape index (κ3) is 4.50. The summed E-state index contributed by atoms with van der Waals surface area (Å²) in [5.74, 6) is -1.25. The third-order valence-corrected chi connectivity index (χ3v) is 3.96. The zero-order valence-corrected chi connectivity index (χ0v) is 13.7. The van der Waals surface area contributed by atoms with E-state index in [2.05, 4.69) is 0 Å². The van der Waals surface area contributed by atoms with Crippen LogP contribution in [0.2, 0.25) is 0 Å². The Labute approximate surface area is 125 Å². The highest BCUT2D eigenvalue weighted by Crippen LogP contribution is 2.22. The number of sulfonamides is 1. The van der Waals surface area contributed by atoms with Crippen LogP contribution in [0.3, 0.4) is 0 Å². The molecule has 0 aliphatic rings. The number of carbonyl (C=O) groups is 1. The van der Waals surface area contributed by atoms with Crippen molar-refractivity contribution in [3.63, 3.8) is 0 Å². The Hall–Kier alpha value is -1.47. The summed E-state index contributed by atoms with van der Waals surface area (Å²) in [5, 5.41) is 5.05. The highest BCUT2D eigenvalue weighted by Gasteiger charge is 2.24. The lowest BCUT2D eigenvalue weighted by atomic mass is 9.95. The molecule has 0 aliphatic carbocycles. The maximum atomic E-state index is 13.6. The molecule has 7 heteroatoms. The Bertz CT molecular complexity index is 664. The van der Waals surface area contributed by atoms with Gasteiger partial charge < -0.3 is 4.90 Å². The first-order chi connectivity index (χ1) is 9.33. The van der Waals surface area contributed by atoms with Crippen molar-refractivity contribution in [3.8, 4) is 0 Å². The van der Waals surface area contributed by atoms with Gasteiger partial charge in [0.1, 0.15) is 5.82 Å². The highest BCUT2D eigenvalue weighted by atomic mass is 32.2. The molecule has 1 aromatic rings. The number of rotatable bonds is 3. The van der Waals surface area contributed by atoms with E-state index in [9.17, 15) is 17.6 Å². The molecule has 0 spiro atoms. The molecule has 21 heavy (non-hydrogen) atoms. The molecule has 0 unspecified atom stereocenters. The summed E-state index contributed by atoms with van der Waals surface area (Å²) < 4.78 is 36.5. The monoisotopic (exact) mass is 316 g/mol. The van der Waals surface area contributed by atoms with E-state index in [1.165, 1.54) is 11.8 Å². The number of amides is 1. The predicted octanol–water partition coefficient (Wildman–Crippen LogP) is 1.90. The molecule has 1 amide bonds. The number of hydrogen-bond acceptors (Lipinski definition) is 3. The van der Waals surface area contributed by atoms with Gasteiger partial charge in [-0.05, 0) is 30.0 Å². The van der Waals surface area contributed by atoms with Crippen molar-refractivity contribution in [2.75, 3.05) is 13.6 Å². The Morgan fingerprint density at radius 3 is 2.29 bits per heavy atom. The van der Waals surface area contributed by atoms with Gasteiger partial charge in [0, 0.05) is 19.2 Å². The molecule has 118 valence electrons. The summed E-state index contributed by atoms with van der Waals surface area (Å²) in [6.45, 7) is 7.78. The normalized spacial score (nSPS) is 12.3. The number of benzene rings is 1. The first-order valence-electron chi connectivity index (χ1n) is 6.41. The van der Waals surface area contributed by atoms with Gasteiger partial charge in [0.15, 0.2) is 0 Å². The minimum Gasteiger partial charge on any atom is -0.341 e. The zero-order chi connectivity index (χ0) is 16.6. The fourth-order valence-electron chi connectivity index (χ4n) is 2.16. The van der Waals surface area contributed by atoms with Crippen molar-refractivity contribution in [2.45, 2.75) is 32.6 Å². The molecule has 0 fully saturated rings.